The first kappa shape index (κ1) is 16.0. The third-order valence-corrected chi connectivity index (χ3v) is 4.05. The minimum Gasteiger partial charge on any atom is -0.496 e. The zero-order valence-electron chi connectivity index (χ0n) is 13.4. The van der Waals surface area contributed by atoms with Crippen molar-refractivity contribution in [3.05, 3.63) is 59.9 Å². The number of nitrogens with zero attached hydrogens (tertiary/aromatic N) is 2. The van der Waals surface area contributed by atoms with Crippen molar-refractivity contribution in [3.63, 3.8) is 0 Å². The SMILES string of the molecule is COc1ccccc1C(=O)N[C@@H]1CCN(C(=O)c2ccccn2)C1. The molecule has 1 saturated heterocycles. The number of hydrogen-bond acceptors (Lipinski definition) is 4. The second-order valence-corrected chi connectivity index (χ2v) is 5.63. The van der Waals surface area contributed by atoms with Gasteiger partial charge < -0.3 is 15.0 Å². The largest absolute Gasteiger partial charge is 0.496 e. The molecule has 0 aliphatic carbocycles. The molecule has 0 unspecified atom stereocenters. The summed E-state index contributed by atoms with van der Waals surface area (Å²) in [5.41, 5.74) is 0.920. The van der Waals surface area contributed by atoms with Crippen molar-refractivity contribution in [2.75, 3.05) is 20.2 Å². The van der Waals surface area contributed by atoms with Gasteiger partial charge in [0.25, 0.3) is 11.8 Å². The van der Waals surface area contributed by atoms with Gasteiger partial charge in [-0.05, 0) is 30.7 Å². The molecule has 1 N–H and O–H groups in total. The van der Waals surface area contributed by atoms with Crippen LogP contribution in [0.3, 0.4) is 0 Å². The molecule has 3 rings (SSSR count). The Labute approximate surface area is 140 Å². The van der Waals surface area contributed by atoms with E-state index in [2.05, 4.69) is 10.3 Å². The Morgan fingerprint density at radius 3 is 2.75 bits per heavy atom. The smallest absolute Gasteiger partial charge is 0.272 e. The number of methoxy groups -OCH3 is 1. The van der Waals surface area contributed by atoms with Gasteiger partial charge in [-0.15, -0.1) is 0 Å². The zero-order chi connectivity index (χ0) is 16.9. The number of nitrogens with one attached hydrogen (secondary N) is 1. The van der Waals surface area contributed by atoms with Crippen molar-refractivity contribution in [2.45, 2.75) is 12.5 Å². The summed E-state index contributed by atoms with van der Waals surface area (Å²) in [5.74, 6) is 0.239. The first-order chi connectivity index (χ1) is 11.7. The molecular weight excluding hydrogens is 306 g/mol. The van der Waals surface area contributed by atoms with Crippen LogP contribution in [-0.2, 0) is 0 Å². The van der Waals surface area contributed by atoms with E-state index in [0.717, 1.165) is 6.42 Å². The Morgan fingerprint density at radius 2 is 2.00 bits per heavy atom. The number of ether oxygens (including phenoxy) is 1. The Morgan fingerprint density at radius 1 is 1.21 bits per heavy atom. The zero-order valence-corrected chi connectivity index (χ0v) is 13.4. The van der Waals surface area contributed by atoms with E-state index in [0.29, 0.717) is 30.1 Å². The predicted molar refractivity (Wildman–Crippen MR) is 89.0 cm³/mol. The molecule has 6 nitrogen and oxygen atoms in total. The summed E-state index contributed by atoms with van der Waals surface area (Å²) in [6.07, 6.45) is 2.32. The van der Waals surface area contributed by atoms with E-state index in [1.165, 1.54) is 7.11 Å². The predicted octanol–water partition coefficient (Wildman–Crippen LogP) is 1.73. The molecule has 6 heteroatoms. The van der Waals surface area contributed by atoms with Gasteiger partial charge >= 0.3 is 0 Å². The lowest BCUT2D eigenvalue weighted by atomic mass is 10.1. The second kappa shape index (κ2) is 7.12. The molecule has 1 fully saturated rings. The number of rotatable bonds is 4. The van der Waals surface area contributed by atoms with Gasteiger partial charge in [0.1, 0.15) is 11.4 Å². The fourth-order valence-electron chi connectivity index (χ4n) is 2.81. The van der Waals surface area contributed by atoms with Gasteiger partial charge in [0, 0.05) is 25.3 Å². The Bertz CT molecular complexity index is 733. The molecule has 0 saturated carbocycles. The summed E-state index contributed by atoms with van der Waals surface area (Å²) >= 11 is 0. The topological polar surface area (TPSA) is 71.5 Å². The van der Waals surface area contributed by atoms with Gasteiger partial charge in [0.15, 0.2) is 0 Å². The number of aromatic nitrogens is 1. The lowest BCUT2D eigenvalue weighted by Gasteiger charge is -2.17. The standard InChI is InChI=1S/C18H19N3O3/c1-24-16-8-3-2-6-14(16)17(22)20-13-9-11-21(12-13)18(23)15-7-4-5-10-19-15/h2-8,10,13H,9,11-12H2,1H3,(H,20,22)/t13-/m1/s1. The minimum absolute atomic E-state index is 0.0740. The Hall–Kier alpha value is -2.89. The Kier molecular flexibility index (Phi) is 4.74. The molecule has 124 valence electrons. The van der Waals surface area contributed by atoms with Crippen molar-refractivity contribution in [1.29, 1.82) is 0 Å². The number of likely N-dealkylation sites (tertiary alicyclic amines) is 1. The molecule has 1 aromatic heterocycles. The number of carbonyl (C=O) groups is 2. The molecule has 1 aliphatic heterocycles. The maximum atomic E-state index is 12.4. The second-order valence-electron chi connectivity index (χ2n) is 5.63. The summed E-state index contributed by atoms with van der Waals surface area (Å²) in [6.45, 7) is 1.09. The normalized spacial score (nSPS) is 16.7. The molecule has 2 aromatic rings. The molecule has 1 atom stereocenters. The third kappa shape index (κ3) is 3.37. The van der Waals surface area contributed by atoms with Crippen LogP contribution < -0.4 is 10.1 Å². The van der Waals surface area contributed by atoms with E-state index in [1.807, 2.05) is 6.07 Å². The quantitative estimate of drug-likeness (QED) is 0.929. The highest BCUT2D eigenvalue weighted by Gasteiger charge is 2.29. The van der Waals surface area contributed by atoms with Crippen LogP contribution in [0.4, 0.5) is 0 Å². The van der Waals surface area contributed by atoms with Crippen LogP contribution >= 0.6 is 0 Å². The summed E-state index contributed by atoms with van der Waals surface area (Å²) in [5, 5.41) is 2.97. The number of benzene rings is 1. The monoisotopic (exact) mass is 325 g/mol. The van der Waals surface area contributed by atoms with Crippen LogP contribution in [-0.4, -0.2) is 47.9 Å². The molecule has 2 amide bonds. The maximum Gasteiger partial charge on any atom is 0.272 e. The van der Waals surface area contributed by atoms with Crippen LogP contribution in [0.2, 0.25) is 0 Å². The number of carbonyl (C=O) groups excluding carboxylic acids is 2. The van der Waals surface area contributed by atoms with Crippen LogP contribution in [0.15, 0.2) is 48.7 Å². The molecular formula is C18H19N3O3. The van der Waals surface area contributed by atoms with Gasteiger partial charge in [-0.2, -0.15) is 0 Å². The molecule has 2 heterocycles. The highest BCUT2D eigenvalue weighted by molar-refractivity contribution is 5.97. The summed E-state index contributed by atoms with van der Waals surface area (Å²) < 4.78 is 5.21. The van der Waals surface area contributed by atoms with Gasteiger partial charge in [0.05, 0.1) is 12.7 Å². The van der Waals surface area contributed by atoms with E-state index >= 15 is 0 Å². The molecule has 0 spiro atoms. The molecule has 0 bridgehead atoms. The lowest BCUT2D eigenvalue weighted by molar-refractivity contribution is 0.0777. The number of amides is 2. The van der Waals surface area contributed by atoms with E-state index in [-0.39, 0.29) is 17.9 Å². The van der Waals surface area contributed by atoms with E-state index in [1.54, 1.807) is 47.5 Å². The summed E-state index contributed by atoms with van der Waals surface area (Å²) in [6, 6.07) is 12.3. The average Bonchev–Trinajstić information content (AvgIpc) is 3.10. The highest BCUT2D eigenvalue weighted by Crippen LogP contribution is 2.18. The van der Waals surface area contributed by atoms with Crippen LogP contribution in [0.1, 0.15) is 27.3 Å². The van der Waals surface area contributed by atoms with E-state index in [4.69, 9.17) is 4.74 Å². The number of pyridine rings is 1. The van der Waals surface area contributed by atoms with Gasteiger partial charge in [-0.25, -0.2) is 0 Å². The van der Waals surface area contributed by atoms with Crippen molar-refractivity contribution >= 4 is 11.8 Å². The van der Waals surface area contributed by atoms with Crippen LogP contribution in [0.5, 0.6) is 5.75 Å². The maximum absolute atomic E-state index is 12.4. The van der Waals surface area contributed by atoms with Crippen molar-refractivity contribution in [1.82, 2.24) is 15.2 Å². The van der Waals surface area contributed by atoms with Crippen LogP contribution in [0, 0.1) is 0 Å². The summed E-state index contributed by atoms with van der Waals surface area (Å²) in [4.78, 5) is 30.6. The molecule has 1 aliphatic rings. The fourth-order valence-corrected chi connectivity index (χ4v) is 2.81. The number of hydrogen-bond donors (Lipinski definition) is 1. The first-order valence-electron chi connectivity index (χ1n) is 7.83. The average molecular weight is 325 g/mol. The number of para-hydroxylation sites is 1. The fraction of sp³-hybridized carbons (Fsp3) is 0.278. The van der Waals surface area contributed by atoms with Crippen molar-refractivity contribution < 1.29 is 14.3 Å². The van der Waals surface area contributed by atoms with Gasteiger partial charge in [0.2, 0.25) is 0 Å². The van der Waals surface area contributed by atoms with Gasteiger partial charge in [-0.3, -0.25) is 14.6 Å². The highest BCUT2D eigenvalue weighted by atomic mass is 16.5. The van der Waals surface area contributed by atoms with Crippen molar-refractivity contribution in [2.24, 2.45) is 0 Å². The summed E-state index contributed by atoms with van der Waals surface area (Å²) in [7, 11) is 1.54. The van der Waals surface area contributed by atoms with Crippen molar-refractivity contribution in [3.8, 4) is 5.75 Å². The van der Waals surface area contributed by atoms with E-state index < -0.39 is 0 Å². The molecule has 1 aromatic carbocycles. The van der Waals surface area contributed by atoms with Crippen LogP contribution in [0.25, 0.3) is 0 Å². The van der Waals surface area contributed by atoms with E-state index in [9.17, 15) is 9.59 Å². The molecule has 24 heavy (non-hydrogen) atoms. The lowest BCUT2D eigenvalue weighted by Crippen LogP contribution is -2.38. The first-order valence-corrected chi connectivity index (χ1v) is 7.83. The van der Waals surface area contributed by atoms with Gasteiger partial charge in [-0.1, -0.05) is 18.2 Å². The minimum atomic E-state index is -0.190. The third-order valence-electron chi connectivity index (χ3n) is 4.05. The Balaban J connectivity index is 1.62. The molecule has 0 radical (unpaired) electrons.